The van der Waals surface area contributed by atoms with Crippen LogP contribution in [-0.2, 0) is 6.42 Å². The van der Waals surface area contributed by atoms with Crippen LogP contribution in [-0.4, -0.2) is 26.0 Å². The molecule has 0 aromatic heterocycles. The predicted molar refractivity (Wildman–Crippen MR) is 103 cm³/mol. The molecule has 1 unspecified atom stereocenters. The molecule has 160 valence electrons. The van der Waals surface area contributed by atoms with Crippen molar-refractivity contribution < 1.29 is 31.8 Å². The maximum Gasteiger partial charge on any atom is 0.204 e. The van der Waals surface area contributed by atoms with Crippen molar-refractivity contribution in [2.45, 2.75) is 45.7 Å². The highest BCUT2D eigenvalue weighted by Crippen LogP contribution is 2.28. The predicted octanol–water partition coefficient (Wildman–Crippen LogP) is 6.03. The van der Waals surface area contributed by atoms with Gasteiger partial charge < -0.3 is 14.2 Å². The molecule has 29 heavy (non-hydrogen) atoms. The Morgan fingerprint density at radius 2 is 1.48 bits per heavy atom. The summed E-state index contributed by atoms with van der Waals surface area (Å²) in [5, 5.41) is 0. The number of ether oxygens (including phenoxy) is 3. The molecular weight excluding hydrogens is 388 g/mol. The molecule has 0 fully saturated rings. The lowest BCUT2D eigenvalue weighted by molar-refractivity contribution is 0.187. The van der Waals surface area contributed by atoms with Gasteiger partial charge in [-0.15, -0.1) is 0 Å². The fourth-order valence-electron chi connectivity index (χ4n) is 2.71. The smallest absolute Gasteiger partial charge is 0.204 e. The topological polar surface area (TPSA) is 27.7 Å². The van der Waals surface area contributed by atoms with Crippen LogP contribution < -0.4 is 14.2 Å². The van der Waals surface area contributed by atoms with E-state index in [2.05, 4.69) is 0 Å². The number of hydrogen-bond acceptors (Lipinski definition) is 3. The van der Waals surface area contributed by atoms with Crippen LogP contribution in [0, 0.1) is 17.5 Å². The van der Waals surface area contributed by atoms with Crippen LogP contribution in [0.1, 0.15) is 38.7 Å². The zero-order valence-corrected chi connectivity index (χ0v) is 16.7. The molecule has 0 heterocycles. The summed E-state index contributed by atoms with van der Waals surface area (Å²) in [5.74, 6) is -3.48. The number of rotatable bonds is 12. The number of alkyl halides is 1. The normalized spacial score (nSPS) is 11.9. The van der Waals surface area contributed by atoms with Gasteiger partial charge in [-0.05, 0) is 43.2 Å². The van der Waals surface area contributed by atoms with Crippen molar-refractivity contribution in [1.82, 2.24) is 0 Å². The van der Waals surface area contributed by atoms with Gasteiger partial charge in [-0.25, -0.2) is 8.78 Å². The Labute approximate surface area is 168 Å². The number of benzene rings is 2. The van der Waals surface area contributed by atoms with E-state index in [0.717, 1.165) is 19.3 Å². The Morgan fingerprint density at radius 3 is 2.10 bits per heavy atom. The largest absolute Gasteiger partial charge is 0.491 e. The summed E-state index contributed by atoms with van der Waals surface area (Å²) in [6.45, 7) is 3.87. The lowest BCUT2D eigenvalue weighted by Crippen LogP contribution is -2.16. The molecule has 1 atom stereocenters. The molecule has 0 saturated heterocycles. The van der Waals surface area contributed by atoms with E-state index >= 15 is 0 Å². The number of hydrogen-bond donors (Lipinski definition) is 0. The molecule has 0 saturated carbocycles. The van der Waals surface area contributed by atoms with Gasteiger partial charge in [-0.1, -0.05) is 25.8 Å². The van der Waals surface area contributed by atoms with Crippen molar-refractivity contribution in [1.29, 1.82) is 0 Å². The van der Waals surface area contributed by atoms with Gasteiger partial charge in [0.25, 0.3) is 0 Å². The van der Waals surface area contributed by atoms with Crippen LogP contribution in [0.5, 0.6) is 17.2 Å². The van der Waals surface area contributed by atoms with Crippen LogP contribution in [0.2, 0.25) is 0 Å². The lowest BCUT2D eigenvalue weighted by Gasteiger charge is -2.14. The molecule has 0 bridgehead atoms. The van der Waals surface area contributed by atoms with Crippen molar-refractivity contribution in [3.8, 4) is 17.2 Å². The van der Waals surface area contributed by atoms with Gasteiger partial charge in [0.15, 0.2) is 23.1 Å². The van der Waals surface area contributed by atoms with E-state index in [0.29, 0.717) is 12.2 Å². The second-order valence-corrected chi connectivity index (χ2v) is 6.56. The second-order valence-electron chi connectivity index (χ2n) is 6.56. The van der Waals surface area contributed by atoms with Crippen molar-refractivity contribution in [2.24, 2.45) is 0 Å². The van der Waals surface area contributed by atoms with E-state index in [1.807, 2.05) is 6.92 Å². The van der Waals surface area contributed by atoms with Gasteiger partial charge in [0.05, 0.1) is 13.2 Å². The molecule has 2 aromatic carbocycles. The number of halogens is 4. The van der Waals surface area contributed by atoms with Crippen molar-refractivity contribution in [2.75, 3.05) is 19.8 Å². The summed E-state index contributed by atoms with van der Waals surface area (Å²) in [4.78, 5) is 0. The summed E-state index contributed by atoms with van der Waals surface area (Å²) in [6.07, 6.45) is 0.999. The van der Waals surface area contributed by atoms with E-state index in [1.54, 1.807) is 13.0 Å². The Kier molecular flexibility index (Phi) is 9.09. The Hall–Kier alpha value is -2.44. The molecule has 0 aliphatic carbocycles. The first kappa shape index (κ1) is 22.8. The molecule has 0 radical (unpaired) electrons. The van der Waals surface area contributed by atoms with E-state index in [9.17, 15) is 17.6 Å². The third-order valence-corrected chi connectivity index (χ3v) is 4.19. The van der Waals surface area contributed by atoms with Crippen molar-refractivity contribution in [3.05, 3.63) is 53.3 Å². The van der Waals surface area contributed by atoms with Crippen LogP contribution >= 0.6 is 0 Å². The van der Waals surface area contributed by atoms with Crippen LogP contribution in [0.15, 0.2) is 30.3 Å². The molecule has 0 amide bonds. The molecule has 2 aromatic rings. The summed E-state index contributed by atoms with van der Waals surface area (Å²) in [5.41, 5.74) is 0.407. The molecule has 7 heteroatoms. The molecule has 2 rings (SSSR count). The Balaban J connectivity index is 1.90. The first-order valence-electron chi connectivity index (χ1n) is 9.75. The van der Waals surface area contributed by atoms with E-state index in [-0.39, 0.29) is 24.5 Å². The lowest BCUT2D eigenvalue weighted by atomic mass is 10.1. The fraction of sp³-hybridized carbons (Fsp3) is 0.455. The minimum absolute atomic E-state index is 0.0949. The van der Waals surface area contributed by atoms with E-state index < -0.39 is 36.0 Å². The summed E-state index contributed by atoms with van der Waals surface area (Å²) >= 11 is 0. The summed E-state index contributed by atoms with van der Waals surface area (Å²) in [6, 6.07) is 6.62. The molecule has 0 aliphatic heterocycles. The Morgan fingerprint density at radius 1 is 0.828 bits per heavy atom. The van der Waals surface area contributed by atoms with Crippen LogP contribution in [0.25, 0.3) is 0 Å². The summed E-state index contributed by atoms with van der Waals surface area (Å²) in [7, 11) is 0. The molecule has 3 nitrogen and oxygen atoms in total. The molecule has 0 spiro atoms. The average Bonchev–Trinajstić information content (AvgIpc) is 2.70. The monoisotopic (exact) mass is 414 g/mol. The highest BCUT2D eigenvalue weighted by atomic mass is 19.2. The first-order valence-corrected chi connectivity index (χ1v) is 9.75. The maximum absolute atomic E-state index is 14.2. The molecule has 0 N–H and O–H groups in total. The molecule has 0 aliphatic rings. The van der Waals surface area contributed by atoms with Gasteiger partial charge >= 0.3 is 0 Å². The number of unbranched alkanes of at least 4 members (excludes halogenated alkanes) is 2. The van der Waals surface area contributed by atoms with Crippen LogP contribution in [0.3, 0.4) is 0 Å². The third kappa shape index (κ3) is 6.84. The highest BCUT2D eigenvalue weighted by molar-refractivity contribution is 5.35. The van der Waals surface area contributed by atoms with Gasteiger partial charge in [-0.3, -0.25) is 0 Å². The minimum Gasteiger partial charge on any atom is -0.491 e. The van der Waals surface area contributed by atoms with Crippen molar-refractivity contribution in [3.63, 3.8) is 0 Å². The minimum atomic E-state index is -1.53. The maximum atomic E-state index is 14.2. The van der Waals surface area contributed by atoms with Gasteiger partial charge in [0, 0.05) is 6.42 Å². The zero-order valence-electron chi connectivity index (χ0n) is 16.7. The summed E-state index contributed by atoms with van der Waals surface area (Å²) < 4.78 is 71.6. The van der Waals surface area contributed by atoms with Gasteiger partial charge in [0.1, 0.15) is 12.8 Å². The second kappa shape index (κ2) is 11.5. The van der Waals surface area contributed by atoms with Crippen LogP contribution in [0.4, 0.5) is 17.6 Å². The zero-order chi connectivity index (χ0) is 21.2. The standard InChI is InChI=1S/C22H26F4O3/c1-3-5-6-11-28-19-9-10-20(22(26)21(19)25)29-14-16(23)12-15-7-8-18(27-4-2)17(24)13-15/h7-10,13,16H,3-6,11-12,14H2,1-2H3. The third-order valence-electron chi connectivity index (χ3n) is 4.19. The molecular formula is C22H26F4O3. The van der Waals surface area contributed by atoms with Gasteiger partial charge in [-0.2, -0.15) is 8.78 Å². The fourth-order valence-corrected chi connectivity index (χ4v) is 2.71. The van der Waals surface area contributed by atoms with Gasteiger partial charge in [0.2, 0.25) is 11.6 Å². The quantitative estimate of drug-likeness (QED) is 0.313. The van der Waals surface area contributed by atoms with E-state index in [4.69, 9.17) is 14.2 Å². The highest BCUT2D eigenvalue weighted by Gasteiger charge is 2.18. The van der Waals surface area contributed by atoms with E-state index in [1.165, 1.54) is 24.3 Å². The average molecular weight is 414 g/mol. The first-order chi connectivity index (χ1) is 14.0. The Bertz CT molecular complexity index is 783. The SMILES string of the molecule is CCCCCOc1ccc(OCC(F)Cc2ccc(OCC)c(F)c2)c(F)c1F. The van der Waals surface area contributed by atoms with Crippen molar-refractivity contribution >= 4 is 0 Å².